The smallest absolute Gasteiger partial charge is 0.274 e. The van der Waals surface area contributed by atoms with Crippen LogP contribution in [0.3, 0.4) is 0 Å². The molecule has 0 saturated heterocycles. The van der Waals surface area contributed by atoms with E-state index in [2.05, 4.69) is 0 Å². The zero-order valence-electron chi connectivity index (χ0n) is 17.9. The molecule has 170 valence electrons. The van der Waals surface area contributed by atoms with Crippen LogP contribution in [0.1, 0.15) is 57.8 Å². The fourth-order valence-electron chi connectivity index (χ4n) is 2.75. The van der Waals surface area contributed by atoms with Crippen molar-refractivity contribution in [2.45, 2.75) is 58.5 Å². The van der Waals surface area contributed by atoms with Crippen LogP contribution in [0.2, 0.25) is 0 Å². The van der Waals surface area contributed by atoms with Gasteiger partial charge in [0.15, 0.2) is 0 Å². The minimum atomic E-state index is -4.76. The number of carbonyl (C=O) groups is 2. The molecule has 0 aliphatic rings. The van der Waals surface area contributed by atoms with Gasteiger partial charge < -0.3 is 0 Å². The maximum Gasteiger partial charge on any atom is 0.406 e. The van der Waals surface area contributed by atoms with E-state index in [0.717, 1.165) is 12.1 Å². The molecular formula is C20H29F3N2O4S. The van der Waals surface area contributed by atoms with Crippen LogP contribution in [-0.4, -0.2) is 55.2 Å². The monoisotopic (exact) mass is 450 g/mol. The molecule has 1 aromatic carbocycles. The van der Waals surface area contributed by atoms with Crippen molar-refractivity contribution in [2.75, 3.05) is 19.6 Å². The van der Waals surface area contributed by atoms with Crippen molar-refractivity contribution in [1.82, 2.24) is 9.21 Å². The van der Waals surface area contributed by atoms with E-state index in [9.17, 15) is 31.2 Å². The normalized spacial score (nSPS) is 12.8. The van der Waals surface area contributed by atoms with Crippen molar-refractivity contribution in [3.05, 3.63) is 29.8 Å². The van der Waals surface area contributed by atoms with E-state index in [1.165, 1.54) is 37.2 Å². The van der Waals surface area contributed by atoms with Crippen molar-refractivity contribution in [3.63, 3.8) is 0 Å². The molecule has 0 heterocycles. The largest absolute Gasteiger partial charge is 0.406 e. The second-order valence-electron chi connectivity index (χ2n) is 7.99. The highest BCUT2D eigenvalue weighted by atomic mass is 32.2. The molecule has 0 saturated carbocycles. The number of alkyl halides is 3. The average molecular weight is 451 g/mol. The van der Waals surface area contributed by atoms with E-state index in [0.29, 0.717) is 25.9 Å². The van der Waals surface area contributed by atoms with Gasteiger partial charge in [-0.2, -0.15) is 17.5 Å². The lowest BCUT2D eigenvalue weighted by Crippen LogP contribution is -2.47. The van der Waals surface area contributed by atoms with E-state index in [1.54, 1.807) is 0 Å². The molecule has 30 heavy (non-hydrogen) atoms. The van der Waals surface area contributed by atoms with Crippen molar-refractivity contribution in [1.29, 1.82) is 0 Å². The Kier molecular flexibility index (Phi) is 8.62. The molecule has 0 spiro atoms. The number of imide groups is 1. The summed E-state index contributed by atoms with van der Waals surface area (Å²) in [6.45, 7) is 6.88. The zero-order chi connectivity index (χ0) is 23.3. The quantitative estimate of drug-likeness (QED) is 0.598. The Morgan fingerprint density at radius 2 is 1.40 bits per heavy atom. The third-order valence-corrected chi connectivity index (χ3v) is 6.07. The topological polar surface area (TPSA) is 74.8 Å². The van der Waals surface area contributed by atoms with Gasteiger partial charge in [0.25, 0.3) is 5.91 Å². The van der Waals surface area contributed by atoms with Gasteiger partial charge in [-0.25, -0.2) is 8.42 Å². The van der Waals surface area contributed by atoms with Crippen LogP contribution in [-0.2, 0) is 14.8 Å². The first kappa shape index (κ1) is 26.1. The summed E-state index contributed by atoms with van der Waals surface area (Å²) >= 11 is 0. The van der Waals surface area contributed by atoms with Crippen LogP contribution < -0.4 is 0 Å². The molecule has 0 fully saturated rings. The van der Waals surface area contributed by atoms with Crippen molar-refractivity contribution < 1.29 is 31.2 Å². The Balaban J connectivity index is 3.25. The fourth-order valence-corrected chi connectivity index (χ4v) is 4.37. The highest BCUT2D eigenvalue weighted by Gasteiger charge is 2.40. The lowest BCUT2D eigenvalue weighted by atomic mass is 9.94. The summed E-state index contributed by atoms with van der Waals surface area (Å²) in [4.78, 5) is 25.2. The molecule has 1 aromatic rings. The highest BCUT2D eigenvalue weighted by molar-refractivity contribution is 7.89. The molecule has 0 aliphatic carbocycles. The summed E-state index contributed by atoms with van der Waals surface area (Å²) in [5.74, 6) is -2.10. The summed E-state index contributed by atoms with van der Waals surface area (Å²) in [6.07, 6.45) is -3.52. The van der Waals surface area contributed by atoms with E-state index < -0.39 is 40.0 Å². The van der Waals surface area contributed by atoms with Gasteiger partial charge in [-0.05, 0) is 37.1 Å². The van der Waals surface area contributed by atoms with Gasteiger partial charge >= 0.3 is 6.18 Å². The number of carbonyl (C=O) groups excluding carboxylic acids is 2. The van der Waals surface area contributed by atoms with Crippen LogP contribution >= 0.6 is 0 Å². The summed E-state index contributed by atoms with van der Waals surface area (Å²) in [6, 6.07) is 4.61. The number of sulfonamides is 1. The lowest BCUT2D eigenvalue weighted by Gasteiger charge is -2.28. The Labute approximate surface area is 176 Å². The molecule has 0 N–H and O–H groups in total. The van der Waals surface area contributed by atoms with Crippen molar-refractivity contribution in [2.24, 2.45) is 5.41 Å². The molecule has 0 atom stereocenters. The van der Waals surface area contributed by atoms with Crippen molar-refractivity contribution >= 4 is 21.8 Å². The van der Waals surface area contributed by atoms with Crippen LogP contribution in [0, 0.1) is 5.41 Å². The van der Waals surface area contributed by atoms with Crippen LogP contribution in [0.4, 0.5) is 13.2 Å². The third kappa shape index (κ3) is 6.80. The number of nitrogens with zero attached hydrogens (tertiary/aromatic N) is 2. The third-order valence-electron chi connectivity index (χ3n) is 4.15. The second kappa shape index (κ2) is 9.91. The van der Waals surface area contributed by atoms with E-state index in [-0.39, 0.29) is 15.4 Å². The molecular weight excluding hydrogens is 421 g/mol. The minimum absolute atomic E-state index is 0.0644. The number of hydrogen-bond acceptors (Lipinski definition) is 4. The molecule has 2 amide bonds. The van der Waals surface area contributed by atoms with Gasteiger partial charge in [-0.15, -0.1) is 0 Å². The first-order valence-corrected chi connectivity index (χ1v) is 11.1. The Bertz CT molecular complexity index is 838. The van der Waals surface area contributed by atoms with Gasteiger partial charge in [0.05, 0.1) is 4.90 Å². The molecule has 0 unspecified atom stereocenters. The number of hydrogen-bond donors (Lipinski definition) is 0. The Morgan fingerprint density at radius 1 is 0.933 bits per heavy atom. The maximum atomic E-state index is 13.0. The Morgan fingerprint density at radius 3 is 1.77 bits per heavy atom. The number of rotatable bonds is 8. The Hall–Kier alpha value is -1.94. The standard InChI is InChI=1S/C20H29F3N2O4S/c1-6-12-24(13-7-2)30(28,29)16-10-8-15(9-11-16)17(26)25(14-20(21,22)23)18(27)19(3,4)5/h8-11H,6-7,12-14H2,1-5H3. The van der Waals surface area contributed by atoms with Gasteiger partial charge in [-0.1, -0.05) is 34.6 Å². The minimum Gasteiger partial charge on any atom is -0.274 e. The molecule has 0 aliphatic heterocycles. The zero-order valence-corrected chi connectivity index (χ0v) is 18.7. The molecule has 0 bridgehead atoms. The molecule has 0 radical (unpaired) electrons. The summed E-state index contributed by atoms with van der Waals surface area (Å²) < 4.78 is 65.7. The molecule has 0 aromatic heterocycles. The van der Waals surface area contributed by atoms with Crippen LogP contribution in [0.25, 0.3) is 0 Å². The molecule has 10 heteroatoms. The fraction of sp³-hybridized carbons (Fsp3) is 0.600. The van der Waals surface area contributed by atoms with E-state index in [1.807, 2.05) is 13.8 Å². The average Bonchev–Trinajstić information content (AvgIpc) is 2.63. The summed E-state index contributed by atoms with van der Waals surface area (Å²) in [5.41, 5.74) is -1.40. The van der Waals surface area contributed by atoms with Gasteiger partial charge in [0, 0.05) is 24.1 Å². The predicted molar refractivity (Wildman–Crippen MR) is 107 cm³/mol. The first-order chi connectivity index (χ1) is 13.6. The predicted octanol–water partition coefficient (Wildman–Crippen LogP) is 4.07. The summed E-state index contributed by atoms with van der Waals surface area (Å²) in [5, 5.41) is 0. The van der Waals surface area contributed by atoms with Crippen LogP contribution in [0.15, 0.2) is 29.2 Å². The SMILES string of the molecule is CCCN(CCC)S(=O)(=O)c1ccc(C(=O)N(CC(F)(F)F)C(=O)C(C)(C)C)cc1. The van der Waals surface area contributed by atoms with Crippen molar-refractivity contribution in [3.8, 4) is 0 Å². The van der Waals surface area contributed by atoms with Gasteiger partial charge in [-0.3, -0.25) is 14.5 Å². The van der Waals surface area contributed by atoms with E-state index in [4.69, 9.17) is 0 Å². The lowest BCUT2D eigenvalue weighted by molar-refractivity contribution is -0.160. The van der Waals surface area contributed by atoms with Gasteiger partial charge in [0.1, 0.15) is 6.54 Å². The van der Waals surface area contributed by atoms with E-state index >= 15 is 0 Å². The maximum absolute atomic E-state index is 13.0. The number of halogens is 3. The summed E-state index contributed by atoms with van der Waals surface area (Å²) in [7, 11) is -3.79. The number of benzene rings is 1. The van der Waals surface area contributed by atoms with Crippen LogP contribution in [0.5, 0.6) is 0 Å². The highest BCUT2D eigenvalue weighted by Crippen LogP contribution is 2.25. The molecule has 1 rings (SSSR count). The number of amides is 2. The second-order valence-corrected chi connectivity index (χ2v) is 9.93. The van der Waals surface area contributed by atoms with Gasteiger partial charge in [0.2, 0.25) is 15.9 Å². The first-order valence-electron chi connectivity index (χ1n) is 9.68. The molecule has 6 nitrogen and oxygen atoms in total.